The summed E-state index contributed by atoms with van der Waals surface area (Å²) in [7, 11) is 0. The molecule has 0 spiro atoms. The fourth-order valence-corrected chi connectivity index (χ4v) is 3.56. The fourth-order valence-electron chi connectivity index (χ4n) is 3.16. The predicted octanol–water partition coefficient (Wildman–Crippen LogP) is 4.46. The van der Waals surface area contributed by atoms with Gasteiger partial charge >= 0.3 is 6.18 Å². The molecule has 2 aromatic heterocycles. The van der Waals surface area contributed by atoms with Crippen molar-refractivity contribution in [3.05, 3.63) is 64.3 Å². The van der Waals surface area contributed by atoms with E-state index in [1.807, 2.05) is 0 Å². The highest BCUT2D eigenvalue weighted by molar-refractivity contribution is 6.32. The summed E-state index contributed by atoms with van der Waals surface area (Å²) >= 11 is 5.91. The Kier molecular flexibility index (Phi) is 5.27. The zero-order valence-corrected chi connectivity index (χ0v) is 16.2. The maximum atomic E-state index is 13.3. The lowest BCUT2D eigenvalue weighted by molar-refractivity contribution is -0.141. The van der Waals surface area contributed by atoms with Crippen molar-refractivity contribution >= 4 is 23.3 Å². The lowest BCUT2D eigenvalue weighted by atomic mass is 10.2. The Bertz CT molecular complexity index is 1090. The van der Waals surface area contributed by atoms with E-state index in [1.165, 1.54) is 22.9 Å². The van der Waals surface area contributed by atoms with Crippen LogP contribution in [0, 0.1) is 5.82 Å². The van der Waals surface area contributed by atoms with Crippen LogP contribution in [-0.4, -0.2) is 25.5 Å². The summed E-state index contributed by atoms with van der Waals surface area (Å²) in [6, 6.07) is 7.57. The van der Waals surface area contributed by atoms with Gasteiger partial charge in [0.15, 0.2) is 11.5 Å². The summed E-state index contributed by atoms with van der Waals surface area (Å²) in [4.78, 5) is 12.4. The Morgan fingerprint density at radius 2 is 2.00 bits per heavy atom. The van der Waals surface area contributed by atoms with Gasteiger partial charge in [-0.15, -0.1) is 0 Å². The van der Waals surface area contributed by atoms with Crippen molar-refractivity contribution in [1.29, 1.82) is 0 Å². The molecule has 1 aromatic carbocycles. The quantitative estimate of drug-likeness (QED) is 0.575. The van der Waals surface area contributed by atoms with Crippen LogP contribution >= 0.6 is 11.6 Å². The minimum Gasteiger partial charge on any atom is -0.308 e. The third-order valence-electron chi connectivity index (χ3n) is 4.60. The first-order chi connectivity index (χ1) is 14.2. The molecule has 0 radical (unpaired) electrons. The average molecular weight is 442 g/mol. The summed E-state index contributed by atoms with van der Waals surface area (Å²) in [6.07, 6.45) is -1.69. The van der Waals surface area contributed by atoms with Crippen molar-refractivity contribution < 1.29 is 22.4 Å². The summed E-state index contributed by atoms with van der Waals surface area (Å²) < 4.78 is 55.2. The number of anilines is 1. The van der Waals surface area contributed by atoms with Gasteiger partial charge in [-0.3, -0.25) is 14.2 Å². The topological polar surface area (TPSA) is 64.7 Å². The van der Waals surface area contributed by atoms with Gasteiger partial charge in [0, 0.05) is 18.2 Å². The van der Waals surface area contributed by atoms with Gasteiger partial charge in [-0.25, -0.2) is 4.39 Å². The number of aromatic nitrogens is 4. The van der Waals surface area contributed by atoms with Crippen LogP contribution in [-0.2, 0) is 24.1 Å². The lowest BCUT2D eigenvalue weighted by Gasteiger charge is -2.07. The van der Waals surface area contributed by atoms with Crippen LogP contribution in [0.3, 0.4) is 0 Å². The van der Waals surface area contributed by atoms with E-state index in [-0.39, 0.29) is 23.2 Å². The third-order valence-corrected chi connectivity index (χ3v) is 4.97. The molecule has 1 aliphatic carbocycles. The number of amides is 1. The second-order valence-corrected chi connectivity index (χ2v) is 7.43. The molecule has 1 fully saturated rings. The number of rotatable bonds is 6. The summed E-state index contributed by atoms with van der Waals surface area (Å²) in [6.45, 7) is -0.123. The minimum absolute atomic E-state index is 0.126. The number of alkyl halides is 3. The molecule has 11 heteroatoms. The minimum atomic E-state index is -4.70. The Morgan fingerprint density at radius 1 is 1.23 bits per heavy atom. The highest BCUT2D eigenvalue weighted by Gasteiger charge is 2.42. The average Bonchev–Trinajstić information content (AvgIpc) is 3.30. The summed E-state index contributed by atoms with van der Waals surface area (Å²) in [5.74, 6) is -0.852. The van der Waals surface area contributed by atoms with E-state index in [4.69, 9.17) is 11.6 Å². The van der Waals surface area contributed by atoms with Crippen LogP contribution in [0.25, 0.3) is 0 Å². The summed E-state index contributed by atoms with van der Waals surface area (Å²) in [5.41, 5.74) is -0.259. The molecule has 1 aliphatic rings. The highest BCUT2D eigenvalue weighted by atomic mass is 35.5. The molecule has 0 unspecified atom stereocenters. The van der Waals surface area contributed by atoms with Crippen molar-refractivity contribution in [2.24, 2.45) is 0 Å². The molecule has 158 valence electrons. The second kappa shape index (κ2) is 7.75. The molecule has 1 saturated carbocycles. The first-order valence-electron chi connectivity index (χ1n) is 9.12. The van der Waals surface area contributed by atoms with E-state index in [9.17, 15) is 22.4 Å². The van der Waals surface area contributed by atoms with E-state index in [2.05, 4.69) is 15.5 Å². The standard InChI is InChI=1S/C19H16ClF4N5O/c20-16-17(12-4-5-12)29(27-18(16)19(22,23)24)10-15(30)25-14-6-7-28(26-14)9-11-2-1-3-13(21)8-11/h1-3,6-8,12H,4-5,9-10H2,(H,25,26,30). The van der Waals surface area contributed by atoms with Gasteiger partial charge in [0.2, 0.25) is 5.91 Å². The van der Waals surface area contributed by atoms with Gasteiger partial charge in [0.25, 0.3) is 0 Å². The molecule has 3 aromatic rings. The van der Waals surface area contributed by atoms with Crippen molar-refractivity contribution in [2.75, 3.05) is 5.32 Å². The number of halogens is 5. The smallest absolute Gasteiger partial charge is 0.308 e. The SMILES string of the molecule is O=C(Cn1nc(C(F)(F)F)c(Cl)c1C1CC1)Nc1ccn(Cc2cccc(F)c2)n1. The van der Waals surface area contributed by atoms with Crippen LogP contribution < -0.4 is 5.32 Å². The van der Waals surface area contributed by atoms with E-state index in [0.717, 1.165) is 4.68 Å². The van der Waals surface area contributed by atoms with Gasteiger partial charge in [-0.05, 0) is 30.5 Å². The molecule has 0 saturated heterocycles. The molecule has 0 bridgehead atoms. The first-order valence-corrected chi connectivity index (χ1v) is 9.49. The molecule has 2 heterocycles. The largest absolute Gasteiger partial charge is 0.436 e. The molecule has 1 amide bonds. The van der Waals surface area contributed by atoms with E-state index in [0.29, 0.717) is 24.9 Å². The lowest BCUT2D eigenvalue weighted by Crippen LogP contribution is -2.21. The molecule has 4 rings (SSSR count). The van der Waals surface area contributed by atoms with Crippen LogP contribution in [0.4, 0.5) is 23.4 Å². The molecular weight excluding hydrogens is 426 g/mol. The van der Waals surface area contributed by atoms with E-state index >= 15 is 0 Å². The maximum absolute atomic E-state index is 13.3. The van der Waals surface area contributed by atoms with E-state index < -0.39 is 29.3 Å². The number of hydrogen-bond donors (Lipinski definition) is 1. The molecular formula is C19H16ClF4N5O. The molecule has 0 aliphatic heterocycles. The zero-order valence-electron chi connectivity index (χ0n) is 15.5. The van der Waals surface area contributed by atoms with E-state index in [1.54, 1.807) is 18.3 Å². The number of nitrogens with zero attached hydrogens (tertiary/aromatic N) is 4. The highest BCUT2D eigenvalue weighted by Crippen LogP contribution is 2.46. The number of nitrogens with one attached hydrogen (secondary N) is 1. The van der Waals surface area contributed by atoms with Crippen molar-refractivity contribution in [3.63, 3.8) is 0 Å². The molecule has 0 atom stereocenters. The van der Waals surface area contributed by atoms with Crippen LogP contribution in [0.2, 0.25) is 5.02 Å². The maximum Gasteiger partial charge on any atom is 0.436 e. The van der Waals surface area contributed by atoms with Gasteiger partial charge in [-0.2, -0.15) is 23.4 Å². The number of hydrogen-bond acceptors (Lipinski definition) is 3. The third kappa shape index (κ3) is 4.48. The summed E-state index contributed by atoms with van der Waals surface area (Å²) in [5, 5.41) is 9.79. The Morgan fingerprint density at radius 3 is 2.67 bits per heavy atom. The Labute approximate surface area is 173 Å². The number of carbonyl (C=O) groups is 1. The molecule has 6 nitrogen and oxygen atoms in total. The number of carbonyl (C=O) groups excluding carboxylic acids is 1. The first kappa shape index (κ1) is 20.4. The van der Waals surface area contributed by atoms with Crippen molar-refractivity contribution in [2.45, 2.75) is 38.0 Å². The zero-order chi connectivity index (χ0) is 21.5. The van der Waals surface area contributed by atoms with Gasteiger partial charge < -0.3 is 5.32 Å². The Balaban J connectivity index is 1.45. The molecule has 30 heavy (non-hydrogen) atoms. The van der Waals surface area contributed by atoms with Gasteiger partial charge in [0.05, 0.1) is 17.3 Å². The predicted molar refractivity (Wildman–Crippen MR) is 101 cm³/mol. The normalized spacial score (nSPS) is 14.2. The van der Waals surface area contributed by atoms with Crippen molar-refractivity contribution in [3.8, 4) is 0 Å². The molecule has 1 N–H and O–H groups in total. The van der Waals surface area contributed by atoms with Crippen LogP contribution in [0.1, 0.15) is 35.7 Å². The van der Waals surface area contributed by atoms with Crippen molar-refractivity contribution in [1.82, 2.24) is 19.6 Å². The van der Waals surface area contributed by atoms with Crippen LogP contribution in [0.15, 0.2) is 36.5 Å². The van der Waals surface area contributed by atoms with Crippen LogP contribution in [0.5, 0.6) is 0 Å². The second-order valence-electron chi connectivity index (χ2n) is 7.05. The van der Waals surface area contributed by atoms with Gasteiger partial charge in [0.1, 0.15) is 12.4 Å². The fraction of sp³-hybridized carbons (Fsp3) is 0.316. The monoisotopic (exact) mass is 441 g/mol. The Hall–Kier alpha value is -2.88. The number of benzene rings is 1. The van der Waals surface area contributed by atoms with Gasteiger partial charge in [-0.1, -0.05) is 23.7 Å².